The number of nitrogens with zero attached hydrogens (tertiary/aromatic N) is 1. The van der Waals surface area contributed by atoms with Gasteiger partial charge in [-0.25, -0.2) is 0 Å². The summed E-state index contributed by atoms with van der Waals surface area (Å²) in [6.07, 6.45) is 8.60. The van der Waals surface area contributed by atoms with E-state index in [1.165, 1.54) is 0 Å². The lowest BCUT2D eigenvalue weighted by molar-refractivity contribution is -0.130. The molecule has 0 aromatic rings. The molecule has 1 aliphatic rings. The van der Waals surface area contributed by atoms with Gasteiger partial charge in [0.2, 0.25) is 0 Å². The zero-order valence-electron chi connectivity index (χ0n) is 22.1. The monoisotopic (exact) mass is 437 g/mol. The highest BCUT2D eigenvalue weighted by Crippen LogP contribution is 2.42. The van der Waals surface area contributed by atoms with Crippen molar-refractivity contribution < 1.29 is 14.3 Å². The van der Waals surface area contributed by atoms with Gasteiger partial charge in [0.25, 0.3) is 0 Å². The Hall–Kier alpha value is -0.710. The SMILES string of the molecule is C=C(CCC(=O)CCCN1C(C)(C)CC(OC(C)CC)CC1(C)CC)C(C)(CC)OC. The second kappa shape index (κ2) is 12.0. The number of piperidine rings is 1. The van der Waals surface area contributed by atoms with E-state index in [2.05, 4.69) is 66.9 Å². The molecule has 0 aromatic carbocycles. The van der Waals surface area contributed by atoms with E-state index in [1.54, 1.807) is 7.11 Å². The Bertz CT molecular complexity index is 581. The Balaban J connectivity index is 2.63. The molecule has 0 radical (unpaired) electrons. The van der Waals surface area contributed by atoms with Crippen molar-refractivity contribution in [1.82, 2.24) is 4.90 Å². The number of hydrogen-bond acceptors (Lipinski definition) is 4. The first-order valence-electron chi connectivity index (χ1n) is 12.6. The molecule has 4 unspecified atom stereocenters. The van der Waals surface area contributed by atoms with Crippen LogP contribution in [0.15, 0.2) is 12.2 Å². The standard InChI is InChI=1S/C27H51NO3/c1-11-22(5)31-24-19-25(6,7)28(26(8,12-2)20-24)18-14-15-23(29)17-16-21(4)27(9,13-3)30-10/h22,24H,4,11-20H2,1-3,5-10H3. The topological polar surface area (TPSA) is 38.8 Å². The fraction of sp³-hybridized carbons (Fsp3) is 0.889. The Morgan fingerprint density at radius 3 is 2.32 bits per heavy atom. The lowest BCUT2D eigenvalue weighted by atomic mass is 9.75. The lowest BCUT2D eigenvalue weighted by Crippen LogP contribution is -2.63. The zero-order valence-corrected chi connectivity index (χ0v) is 22.1. The second-order valence-electron chi connectivity index (χ2n) is 10.7. The molecule has 1 aliphatic heterocycles. The van der Waals surface area contributed by atoms with Crippen LogP contribution in [0.5, 0.6) is 0 Å². The summed E-state index contributed by atoms with van der Waals surface area (Å²) in [5.41, 5.74) is 0.877. The zero-order chi connectivity index (χ0) is 23.9. The van der Waals surface area contributed by atoms with Crippen molar-refractivity contribution in [2.75, 3.05) is 13.7 Å². The molecule has 0 aliphatic carbocycles. The van der Waals surface area contributed by atoms with Crippen LogP contribution in [-0.2, 0) is 14.3 Å². The maximum Gasteiger partial charge on any atom is 0.133 e. The molecular weight excluding hydrogens is 386 g/mol. The summed E-state index contributed by atoms with van der Waals surface area (Å²) in [5.74, 6) is 0.335. The molecule has 1 heterocycles. The van der Waals surface area contributed by atoms with Gasteiger partial charge in [0.15, 0.2) is 0 Å². The number of carbonyl (C=O) groups is 1. The van der Waals surface area contributed by atoms with Crippen molar-refractivity contribution in [2.45, 2.75) is 142 Å². The van der Waals surface area contributed by atoms with E-state index in [1.807, 2.05) is 0 Å². The molecule has 1 fully saturated rings. The first-order valence-corrected chi connectivity index (χ1v) is 12.6. The summed E-state index contributed by atoms with van der Waals surface area (Å²) < 4.78 is 12.0. The fourth-order valence-electron chi connectivity index (χ4n) is 5.15. The average Bonchev–Trinajstić information content (AvgIpc) is 2.72. The third kappa shape index (κ3) is 7.68. The molecule has 4 heteroatoms. The molecule has 0 spiro atoms. The summed E-state index contributed by atoms with van der Waals surface area (Å²) >= 11 is 0. The maximum atomic E-state index is 12.6. The van der Waals surface area contributed by atoms with Gasteiger partial charge in [-0.3, -0.25) is 9.69 Å². The highest BCUT2D eigenvalue weighted by atomic mass is 16.5. The van der Waals surface area contributed by atoms with E-state index >= 15 is 0 Å². The van der Waals surface area contributed by atoms with E-state index in [9.17, 15) is 4.79 Å². The molecular formula is C27H51NO3. The molecule has 1 saturated heterocycles. The van der Waals surface area contributed by atoms with Crippen molar-refractivity contribution >= 4 is 5.78 Å². The summed E-state index contributed by atoms with van der Waals surface area (Å²) in [7, 11) is 1.72. The van der Waals surface area contributed by atoms with Gasteiger partial charge in [0.05, 0.1) is 17.8 Å². The molecule has 31 heavy (non-hydrogen) atoms. The van der Waals surface area contributed by atoms with Crippen LogP contribution in [0.1, 0.15) is 113 Å². The molecule has 1 rings (SSSR count). The van der Waals surface area contributed by atoms with Crippen LogP contribution in [0.2, 0.25) is 0 Å². The van der Waals surface area contributed by atoms with E-state index in [4.69, 9.17) is 9.47 Å². The summed E-state index contributed by atoms with van der Waals surface area (Å²) in [5, 5.41) is 0. The number of rotatable bonds is 14. The van der Waals surface area contributed by atoms with Gasteiger partial charge in [-0.05, 0) is 91.7 Å². The smallest absolute Gasteiger partial charge is 0.133 e. The van der Waals surface area contributed by atoms with Gasteiger partial charge in [-0.15, -0.1) is 0 Å². The van der Waals surface area contributed by atoms with Gasteiger partial charge in [-0.2, -0.15) is 0 Å². The largest absolute Gasteiger partial charge is 0.375 e. The summed E-state index contributed by atoms with van der Waals surface area (Å²) in [4.78, 5) is 15.2. The van der Waals surface area contributed by atoms with Gasteiger partial charge in [0, 0.05) is 31.0 Å². The molecule has 4 atom stereocenters. The first-order chi connectivity index (χ1) is 14.4. The highest BCUT2D eigenvalue weighted by molar-refractivity contribution is 5.78. The van der Waals surface area contributed by atoms with Crippen LogP contribution in [0, 0.1) is 0 Å². The number of likely N-dealkylation sites (tertiary alicyclic amines) is 1. The molecule has 4 nitrogen and oxygen atoms in total. The quantitative estimate of drug-likeness (QED) is 0.283. The number of ether oxygens (including phenoxy) is 2. The van der Waals surface area contributed by atoms with Crippen molar-refractivity contribution in [3.8, 4) is 0 Å². The van der Waals surface area contributed by atoms with Crippen molar-refractivity contribution in [3.63, 3.8) is 0 Å². The van der Waals surface area contributed by atoms with Crippen LogP contribution in [0.4, 0.5) is 0 Å². The molecule has 182 valence electrons. The predicted octanol–water partition coefficient (Wildman–Crippen LogP) is 6.71. The number of carbonyl (C=O) groups excluding carboxylic acids is 1. The number of hydrogen-bond donors (Lipinski definition) is 0. The van der Waals surface area contributed by atoms with Crippen molar-refractivity contribution in [3.05, 3.63) is 12.2 Å². The van der Waals surface area contributed by atoms with Crippen molar-refractivity contribution in [1.29, 1.82) is 0 Å². The minimum Gasteiger partial charge on any atom is -0.375 e. The Labute approximate surface area is 193 Å². The minimum absolute atomic E-state index is 0.0693. The van der Waals surface area contributed by atoms with Crippen LogP contribution in [0.25, 0.3) is 0 Å². The summed E-state index contributed by atoms with van der Waals surface area (Å²) in [6, 6.07) is 0. The third-order valence-corrected chi connectivity index (χ3v) is 7.95. The molecule has 0 N–H and O–H groups in total. The van der Waals surface area contributed by atoms with E-state index < -0.39 is 0 Å². The average molecular weight is 438 g/mol. The number of methoxy groups -OCH3 is 1. The van der Waals surface area contributed by atoms with Crippen LogP contribution in [0.3, 0.4) is 0 Å². The Morgan fingerprint density at radius 2 is 1.81 bits per heavy atom. The van der Waals surface area contributed by atoms with Crippen LogP contribution >= 0.6 is 0 Å². The van der Waals surface area contributed by atoms with E-state index in [-0.39, 0.29) is 16.7 Å². The predicted molar refractivity (Wildman–Crippen MR) is 132 cm³/mol. The lowest BCUT2D eigenvalue weighted by Gasteiger charge is -2.56. The number of ketones is 1. The van der Waals surface area contributed by atoms with Crippen molar-refractivity contribution in [2.24, 2.45) is 0 Å². The highest BCUT2D eigenvalue weighted by Gasteiger charge is 2.47. The Morgan fingerprint density at radius 1 is 1.16 bits per heavy atom. The van der Waals surface area contributed by atoms with Gasteiger partial charge < -0.3 is 9.47 Å². The van der Waals surface area contributed by atoms with E-state index in [0.29, 0.717) is 37.3 Å². The molecule has 0 saturated carbocycles. The molecule has 0 bridgehead atoms. The molecule has 0 amide bonds. The maximum absolute atomic E-state index is 12.6. The van der Waals surface area contributed by atoms with Gasteiger partial charge in [0.1, 0.15) is 5.78 Å². The van der Waals surface area contributed by atoms with Crippen LogP contribution in [-0.4, -0.2) is 53.2 Å². The minimum atomic E-state index is -0.324. The normalized spacial score (nSPS) is 26.9. The van der Waals surface area contributed by atoms with E-state index in [0.717, 1.165) is 50.6 Å². The summed E-state index contributed by atoms with van der Waals surface area (Å²) in [6.45, 7) is 23.0. The first kappa shape index (κ1) is 28.3. The van der Waals surface area contributed by atoms with Gasteiger partial charge in [-0.1, -0.05) is 27.4 Å². The third-order valence-electron chi connectivity index (χ3n) is 7.95. The molecule has 0 aromatic heterocycles. The number of Topliss-reactive ketones (excluding diaryl/α,β-unsaturated/α-hetero) is 1. The Kier molecular flexibility index (Phi) is 10.9. The fourth-order valence-corrected chi connectivity index (χ4v) is 5.15. The second-order valence-corrected chi connectivity index (χ2v) is 10.7. The van der Waals surface area contributed by atoms with Gasteiger partial charge >= 0.3 is 0 Å². The van der Waals surface area contributed by atoms with Crippen LogP contribution < -0.4 is 0 Å².